The SMILES string of the molecule is CN1CCc2cccnc21. The van der Waals surface area contributed by atoms with Crippen molar-refractivity contribution in [2.45, 2.75) is 6.42 Å². The summed E-state index contributed by atoms with van der Waals surface area (Å²) in [5.41, 5.74) is 1.38. The van der Waals surface area contributed by atoms with Crippen LogP contribution in [-0.4, -0.2) is 18.6 Å². The minimum Gasteiger partial charge on any atom is -0.359 e. The molecule has 2 heterocycles. The van der Waals surface area contributed by atoms with Crippen LogP contribution in [0.4, 0.5) is 5.82 Å². The Balaban J connectivity index is 2.51. The molecule has 0 unspecified atom stereocenters. The van der Waals surface area contributed by atoms with Gasteiger partial charge in [0.25, 0.3) is 0 Å². The molecular formula is C8H10N2. The highest BCUT2D eigenvalue weighted by atomic mass is 15.2. The molecular weight excluding hydrogens is 124 g/mol. The highest BCUT2D eigenvalue weighted by molar-refractivity contribution is 5.50. The number of hydrogen-bond acceptors (Lipinski definition) is 2. The van der Waals surface area contributed by atoms with Crippen molar-refractivity contribution >= 4 is 5.82 Å². The van der Waals surface area contributed by atoms with E-state index >= 15 is 0 Å². The number of likely N-dealkylation sites (N-methyl/N-ethyl adjacent to an activating group) is 1. The van der Waals surface area contributed by atoms with Gasteiger partial charge in [0.15, 0.2) is 0 Å². The first-order valence-corrected chi connectivity index (χ1v) is 3.53. The Morgan fingerprint density at radius 1 is 1.60 bits per heavy atom. The summed E-state index contributed by atoms with van der Waals surface area (Å²) in [6.45, 7) is 1.12. The summed E-state index contributed by atoms with van der Waals surface area (Å²) in [6.07, 6.45) is 3.00. The zero-order chi connectivity index (χ0) is 6.97. The van der Waals surface area contributed by atoms with Gasteiger partial charge in [-0.3, -0.25) is 0 Å². The summed E-state index contributed by atoms with van der Waals surface area (Å²) < 4.78 is 0. The molecule has 10 heavy (non-hydrogen) atoms. The molecule has 0 saturated heterocycles. The maximum Gasteiger partial charge on any atom is 0.131 e. The van der Waals surface area contributed by atoms with Crippen LogP contribution in [0, 0.1) is 0 Å². The molecule has 0 spiro atoms. The smallest absolute Gasteiger partial charge is 0.131 e. The molecule has 0 bridgehead atoms. The van der Waals surface area contributed by atoms with Crippen LogP contribution < -0.4 is 4.90 Å². The Bertz CT molecular complexity index is 245. The monoisotopic (exact) mass is 134 g/mol. The topological polar surface area (TPSA) is 16.1 Å². The highest BCUT2D eigenvalue weighted by Gasteiger charge is 2.14. The number of aromatic nitrogens is 1. The second kappa shape index (κ2) is 1.97. The van der Waals surface area contributed by atoms with E-state index in [0.29, 0.717) is 0 Å². The van der Waals surface area contributed by atoms with Gasteiger partial charge in [-0.1, -0.05) is 6.07 Å². The molecule has 1 aromatic heterocycles. The Kier molecular flexibility index (Phi) is 1.13. The first-order chi connectivity index (χ1) is 4.88. The standard InChI is InChI=1S/C8H10N2/c1-10-6-4-7-3-2-5-9-8(7)10/h2-3,5H,4,6H2,1H3. The van der Waals surface area contributed by atoms with E-state index < -0.39 is 0 Å². The van der Waals surface area contributed by atoms with Crippen LogP contribution in [0.25, 0.3) is 0 Å². The van der Waals surface area contributed by atoms with Gasteiger partial charge in [0.05, 0.1) is 0 Å². The summed E-state index contributed by atoms with van der Waals surface area (Å²) in [6, 6.07) is 4.14. The van der Waals surface area contributed by atoms with Crippen LogP contribution in [0.3, 0.4) is 0 Å². The lowest BCUT2D eigenvalue weighted by Crippen LogP contribution is -2.13. The molecule has 0 radical (unpaired) electrons. The van der Waals surface area contributed by atoms with Gasteiger partial charge in [0, 0.05) is 19.8 Å². The molecule has 0 atom stereocenters. The maximum atomic E-state index is 4.27. The lowest BCUT2D eigenvalue weighted by atomic mass is 10.2. The number of anilines is 1. The van der Waals surface area contributed by atoms with Gasteiger partial charge in [-0.15, -0.1) is 0 Å². The van der Waals surface area contributed by atoms with Gasteiger partial charge in [-0.25, -0.2) is 4.98 Å². The van der Waals surface area contributed by atoms with Crippen molar-refractivity contribution in [3.05, 3.63) is 23.9 Å². The average molecular weight is 134 g/mol. The van der Waals surface area contributed by atoms with E-state index in [2.05, 4.69) is 23.0 Å². The van der Waals surface area contributed by atoms with Gasteiger partial charge in [0.1, 0.15) is 5.82 Å². The minimum atomic E-state index is 1.12. The molecule has 2 rings (SSSR count). The average Bonchev–Trinajstić information content (AvgIpc) is 2.34. The lowest BCUT2D eigenvalue weighted by molar-refractivity contribution is 0.945. The number of nitrogens with zero attached hydrogens (tertiary/aromatic N) is 2. The van der Waals surface area contributed by atoms with Gasteiger partial charge in [0.2, 0.25) is 0 Å². The highest BCUT2D eigenvalue weighted by Crippen LogP contribution is 2.22. The molecule has 2 heteroatoms. The Labute approximate surface area is 60.5 Å². The molecule has 0 fully saturated rings. The van der Waals surface area contributed by atoms with Crippen LogP contribution in [0.15, 0.2) is 18.3 Å². The first kappa shape index (κ1) is 5.71. The first-order valence-electron chi connectivity index (χ1n) is 3.53. The predicted molar refractivity (Wildman–Crippen MR) is 41.2 cm³/mol. The second-order valence-electron chi connectivity index (χ2n) is 2.66. The third-order valence-electron chi connectivity index (χ3n) is 1.95. The molecule has 0 aliphatic carbocycles. The molecule has 0 saturated carbocycles. The largest absolute Gasteiger partial charge is 0.359 e. The summed E-state index contributed by atoms with van der Waals surface area (Å²) in [5.74, 6) is 1.16. The minimum absolute atomic E-state index is 1.12. The van der Waals surface area contributed by atoms with Crippen LogP contribution in [-0.2, 0) is 6.42 Å². The van der Waals surface area contributed by atoms with E-state index in [9.17, 15) is 0 Å². The molecule has 52 valence electrons. The normalized spacial score (nSPS) is 15.5. The summed E-state index contributed by atoms with van der Waals surface area (Å²) in [4.78, 5) is 6.46. The van der Waals surface area contributed by atoms with E-state index in [4.69, 9.17) is 0 Å². The van der Waals surface area contributed by atoms with Crippen molar-refractivity contribution in [2.24, 2.45) is 0 Å². The third-order valence-corrected chi connectivity index (χ3v) is 1.95. The quantitative estimate of drug-likeness (QED) is 0.527. The van der Waals surface area contributed by atoms with Gasteiger partial charge in [-0.05, 0) is 18.1 Å². The molecule has 0 amide bonds. The van der Waals surface area contributed by atoms with Crippen molar-refractivity contribution < 1.29 is 0 Å². The van der Waals surface area contributed by atoms with Crippen molar-refractivity contribution in [3.8, 4) is 0 Å². The van der Waals surface area contributed by atoms with Crippen LogP contribution in [0.1, 0.15) is 5.56 Å². The van der Waals surface area contributed by atoms with Crippen LogP contribution in [0.2, 0.25) is 0 Å². The van der Waals surface area contributed by atoms with E-state index in [1.54, 1.807) is 0 Å². The van der Waals surface area contributed by atoms with E-state index in [-0.39, 0.29) is 0 Å². The second-order valence-corrected chi connectivity index (χ2v) is 2.66. The zero-order valence-electron chi connectivity index (χ0n) is 6.04. The van der Waals surface area contributed by atoms with Crippen molar-refractivity contribution in [2.75, 3.05) is 18.5 Å². The molecule has 1 aromatic rings. The van der Waals surface area contributed by atoms with E-state index in [1.165, 1.54) is 5.56 Å². The predicted octanol–water partition coefficient (Wildman–Crippen LogP) is 1.07. The number of fused-ring (bicyclic) bond motifs is 1. The summed E-state index contributed by atoms with van der Waals surface area (Å²) in [5, 5.41) is 0. The Morgan fingerprint density at radius 2 is 2.50 bits per heavy atom. The van der Waals surface area contributed by atoms with Crippen molar-refractivity contribution in [1.82, 2.24) is 4.98 Å². The van der Waals surface area contributed by atoms with E-state index in [1.807, 2.05) is 12.3 Å². The molecule has 0 N–H and O–H groups in total. The van der Waals surface area contributed by atoms with Gasteiger partial charge < -0.3 is 4.90 Å². The third kappa shape index (κ3) is 0.685. The van der Waals surface area contributed by atoms with E-state index in [0.717, 1.165) is 18.8 Å². The number of rotatable bonds is 0. The van der Waals surface area contributed by atoms with Gasteiger partial charge >= 0.3 is 0 Å². The zero-order valence-corrected chi connectivity index (χ0v) is 6.04. The molecule has 1 aliphatic heterocycles. The Hall–Kier alpha value is -1.05. The summed E-state index contributed by atoms with van der Waals surface area (Å²) in [7, 11) is 2.08. The Morgan fingerprint density at radius 3 is 3.30 bits per heavy atom. The van der Waals surface area contributed by atoms with Crippen molar-refractivity contribution in [1.29, 1.82) is 0 Å². The number of pyridine rings is 1. The number of hydrogen-bond donors (Lipinski definition) is 0. The fourth-order valence-electron chi connectivity index (χ4n) is 1.36. The molecule has 0 aromatic carbocycles. The van der Waals surface area contributed by atoms with Crippen LogP contribution >= 0.6 is 0 Å². The van der Waals surface area contributed by atoms with Crippen molar-refractivity contribution in [3.63, 3.8) is 0 Å². The van der Waals surface area contributed by atoms with Gasteiger partial charge in [-0.2, -0.15) is 0 Å². The molecule has 2 nitrogen and oxygen atoms in total. The molecule has 1 aliphatic rings. The lowest BCUT2D eigenvalue weighted by Gasteiger charge is -2.08. The maximum absolute atomic E-state index is 4.27. The fourth-order valence-corrected chi connectivity index (χ4v) is 1.36. The van der Waals surface area contributed by atoms with Crippen LogP contribution in [0.5, 0.6) is 0 Å². The fraction of sp³-hybridized carbons (Fsp3) is 0.375. The summed E-state index contributed by atoms with van der Waals surface area (Å²) >= 11 is 0.